The Kier molecular flexibility index (Phi) is 6.40. The predicted molar refractivity (Wildman–Crippen MR) is 58.8 cm³/mol. The molecule has 0 rings (SSSR count). The van der Waals surface area contributed by atoms with Gasteiger partial charge in [0.15, 0.2) is 0 Å². The molecule has 0 aliphatic carbocycles. The quantitative estimate of drug-likeness (QED) is 0.644. The third-order valence-electron chi connectivity index (χ3n) is 2.81. The molecule has 0 spiro atoms. The molecule has 0 aromatic carbocycles. The van der Waals surface area contributed by atoms with Gasteiger partial charge in [-0.2, -0.15) is 0 Å². The second-order valence-electron chi connectivity index (χ2n) is 4.94. The Balaban J connectivity index is 3.82. The summed E-state index contributed by atoms with van der Waals surface area (Å²) in [5.74, 6) is 0.807. The van der Waals surface area contributed by atoms with Gasteiger partial charge in [0.05, 0.1) is 0 Å². The summed E-state index contributed by atoms with van der Waals surface area (Å²) in [6.07, 6.45) is 6.37. The maximum atomic E-state index is 9.16. The lowest BCUT2D eigenvalue weighted by atomic mass is 9.80. The highest BCUT2D eigenvalue weighted by Crippen LogP contribution is 2.29. The minimum atomic E-state index is 0.119. The van der Waals surface area contributed by atoms with E-state index in [1.165, 1.54) is 32.1 Å². The molecule has 13 heavy (non-hydrogen) atoms. The minimum Gasteiger partial charge on any atom is -0.396 e. The van der Waals surface area contributed by atoms with Crippen LogP contribution in [0, 0.1) is 11.3 Å². The molecule has 1 unspecified atom stereocenters. The van der Waals surface area contributed by atoms with E-state index in [1.807, 2.05) is 0 Å². The lowest BCUT2D eigenvalue weighted by Crippen LogP contribution is -2.21. The first-order chi connectivity index (χ1) is 6.05. The molecule has 0 heterocycles. The van der Waals surface area contributed by atoms with E-state index in [9.17, 15) is 0 Å². The number of unbranched alkanes of at least 4 members (excludes halogenated alkanes) is 1. The molecule has 0 aromatic rings. The van der Waals surface area contributed by atoms with Crippen molar-refractivity contribution in [3.63, 3.8) is 0 Å². The maximum Gasteiger partial charge on any atom is 0.0482 e. The number of aliphatic hydroxyl groups is 1. The summed E-state index contributed by atoms with van der Waals surface area (Å²) in [4.78, 5) is 0. The number of rotatable bonds is 7. The molecule has 0 aliphatic heterocycles. The molecule has 0 fully saturated rings. The maximum absolute atomic E-state index is 9.16. The van der Waals surface area contributed by atoms with Crippen molar-refractivity contribution in [1.29, 1.82) is 0 Å². The van der Waals surface area contributed by atoms with Crippen molar-refractivity contribution in [2.24, 2.45) is 11.3 Å². The van der Waals surface area contributed by atoms with Crippen molar-refractivity contribution in [2.45, 2.75) is 59.8 Å². The molecule has 1 N–H and O–H groups in total. The van der Waals surface area contributed by atoms with E-state index < -0.39 is 0 Å². The third kappa shape index (κ3) is 6.09. The SMILES string of the molecule is CCCCC(CC)CC(C)(C)CO. The van der Waals surface area contributed by atoms with Gasteiger partial charge >= 0.3 is 0 Å². The summed E-state index contributed by atoms with van der Waals surface area (Å²) in [6.45, 7) is 9.12. The average molecular weight is 186 g/mol. The molecule has 0 aromatic heterocycles. The van der Waals surface area contributed by atoms with Crippen LogP contribution in [-0.2, 0) is 0 Å². The number of aliphatic hydroxyl groups excluding tert-OH is 1. The van der Waals surface area contributed by atoms with Gasteiger partial charge in [-0.25, -0.2) is 0 Å². The predicted octanol–water partition coefficient (Wildman–Crippen LogP) is 3.61. The Morgan fingerprint density at radius 3 is 2.23 bits per heavy atom. The highest BCUT2D eigenvalue weighted by molar-refractivity contribution is 4.72. The van der Waals surface area contributed by atoms with E-state index in [1.54, 1.807) is 0 Å². The Bertz CT molecular complexity index is 118. The first kappa shape index (κ1) is 13.0. The lowest BCUT2D eigenvalue weighted by molar-refractivity contribution is 0.126. The van der Waals surface area contributed by atoms with Crippen LogP contribution in [0.5, 0.6) is 0 Å². The highest BCUT2D eigenvalue weighted by Gasteiger charge is 2.20. The summed E-state index contributed by atoms with van der Waals surface area (Å²) >= 11 is 0. The Hall–Kier alpha value is -0.0400. The largest absolute Gasteiger partial charge is 0.396 e. The van der Waals surface area contributed by atoms with Gasteiger partial charge in [0.1, 0.15) is 0 Å². The Morgan fingerprint density at radius 1 is 1.23 bits per heavy atom. The van der Waals surface area contributed by atoms with Crippen LogP contribution in [0.2, 0.25) is 0 Å². The molecule has 80 valence electrons. The van der Waals surface area contributed by atoms with Gasteiger partial charge in [-0.15, -0.1) is 0 Å². The zero-order valence-electron chi connectivity index (χ0n) is 9.77. The van der Waals surface area contributed by atoms with Gasteiger partial charge in [-0.1, -0.05) is 53.4 Å². The van der Waals surface area contributed by atoms with E-state index in [4.69, 9.17) is 5.11 Å². The molecule has 0 radical (unpaired) electrons. The monoisotopic (exact) mass is 186 g/mol. The van der Waals surface area contributed by atoms with Crippen LogP contribution in [0.4, 0.5) is 0 Å². The van der Waals surface area contributed by atoms with Crippen molar-refractivity contribution in [3.05, 3.63) is 0 Å². The molecule has 0 bridgehead atoms. The second-order valence-corrected chi connectivity index (χ2v) is 4.94. The first-order valence-electron chi connectivity index (χ1n) is 5.66. The minimum absolute atomic E-state index is 0.119. The van der Waals surface area contributed by atoms with Crippen molar-refractivity contribution >= 4 is 0 Å². The summed E-state index contributed by atoms with van der Waals surface area (Å²) in [6, 6.07) is 0. The number of hydrogen-bond acceptors (Lipinski definition) is 1. The average Bonchev–Trinajstić information content (AvgIpc) is 2.12. The molecular weight excluding hydrogens is 160 g/mol. The molecule has 1 nitrogen and oxygen atoms in total. The Morgan fingerprint density at radius 2 is 1.85 bits per heavy atom. The molecule has 0 saturated heterocycles. The third-order valence-corrected chi connectivity index (χ3v) is 2.81. The van der Waals surface area contributed by atoms with Gasteiger partial charge < -0.3 is 5.11 Å². The second kappa shape index (κ2) is 6.42. The zero-order valence-corrected chi connectivity index (χ0v) is 9.77. The van der Waals surface area contributed by atoms with E-state index >= 15 is 0 Å². The first-order valence-corrected chi connectivity index (χ1v) is 5.66. The molecule has 0 saturated carbocycles. The van der Waals surface area contributed by atoms with E-state index in [2.05, 4.69) is 27.7 Å². The van der Waals surface area contributed by atoms with E-state index in [-0.39, 0.29) is 5.41 Å². The highest BCUT2D eigenvalue weighted by atomic mass is 16.3. The van der Waals surface area contributed by atoms with Crippen molar-refractivity contribution < 1.29 is 5.11 Å². The van der Waals surface area contributed by atoms with Crippen molar-refractivity contribution in [2.75, 3.05) is 6.61 Å². The van der Waals surface area contributed by atoms with E-state index in [0.717, 1.165) is 5.92 Å². The van der Waals surface area contributed by atoms with Crippen LogP contribution >= 0.6 is 0 Å². The van der Waals surface area contributed by atoms with Gasteiger partial charge in [0.25, 0.3) is 0 Å². The van der Waals surface area contributed by atoms with Gasteiger partial charge in [-0.3, -0.25) is 0 Å². The fourth-order valence-electron chi connectivity index (χ4n) is 1.79. The van der Waals surface area contributed by atoms with Gasteiger partial charge in [0, 0.05) is 6.61 Å². The van der Waals surface area contributed by atoms with Crippen LogP contribution in [0.25, 0.3) is 0 Å². The molecular formula is C12H26O. The number of hydrogen-bond donors (Lipinski definition) is 1. The molecule has 0 aliphatic rings. The standard InChI is InChI=1S/C12H26O/c1-5-7-8-11(6-2)9-12(3,4)10-13/h11,13H,5-10H2,1-4H3. The summed E-state index contributed by atoms with van der Waals surface area (Å²) < 4.78 is 0. The van der Waals surface area contributed by atoms with Crippen LogP contribution in [0.1, 0.15) is 59.8 Å². The van der Waals surface area contributed by atoms with Gasteiger partial charge in [0.2, 0.25) is 0 Å². The topological polar surface area (TPSA) is 20.2 Å². The van der Waals surface area contributed by atoms with Crippen LogP contribution < -0.4 is 0 Å². The summed E-state index contributed by atoms with van der Waals surface area (Å²) in [5.41, 5.74) is 0.119. The fourth-order valence-corrected chi connectivity index (χ4v) is 1.79. The van der Waals surface area contributed by atoms with E-state index in [0.29, 0.717) is 6.61 Å². The zero-order chi connectivity index (χ0) is 10.3. The summed E-state index contributed by atoms with van der Waals surface area (Å²) in [7, 11) is 0. The lowest BCUT2D eigenvalue weighted by Gasteiger charge is -2.27. The van der Waals surface area contributed by atoms with Gasteiger partial charge in [-0.05, 0) is 17.8 Å². The smallest absolute Gasteiger partial charge is 0.0482 e. The van der Waals surface area contributed by atoms with Crippen molar-refractivity contribution in [1.82, 2.24) is 0 Å². The van der Waals surface area contributed by atoms with Crippen molar-refractivity contribution in [3.8, 4) is 0 Å². The van der Waals surface area contributed by atoms with Crippen LogP contribution in [0.15, 0.2) is 0 Å². The molecule has 0 amide bonds. The normalized spacial score (nSPS) is 14.5. The van der Waals surface area contributed by atoms with Crippen LogP contribution in [0.3, 0.4) is 0 Å². The molecule has 1 heteroatoms. The molecule has 1 atom stereocenters. The van der Waals surface area contributed by atoms with Crippen LogP contribution in [-0.4, -0.2) is 11.7 Å². The summed E-state index contributed by atoms with van der Waals surface area (Å²) in [5, 5.41) is 9.16. The Labute approximate surface area is 83.5 Å². The fraction of sp³-hybridized carbons (Fsp3) is 1.00.